The van der Waals surface area contributed by atoms with Crippen LogP contribution in [0, 0.1) is 24.0 Å². The van der Waals surface area contributed by atoms with Crippen molar-refractivity contribution >= 4 is 17.8 Å². The Labute approximate surface area is 160 Å². The Kier molecular flexibility index (Phi) is 5.21. The van der Waals surface area contributed by atoms with Gasteiger partial charge in [-0.15, -0.1) is 0 Å². The smallest absolute Gasteiger partial charge is 0.271 e. The molecule has 0 spiro atoms. The fraction of sp³-hybridized carbons (Fsp3) is 0.100. The average molecular weight is 378 g/mol. The Morgan fingerprint density at radius 1 is 1.11 bits per heavy atom. The van der Waals surface area contributed by atoms with E-state index in [0.29, 0.717) is 5.56 Å². The predicted molar refractivity (Wildman–Crippen MR) is 105 cm³/mol. The molecule has 0 fully saturated rings. The van der Waals surface area contributed by atoms with Gasteiger partial charge in [0.25, 0.3) is 11.6 Å². The molecule has 0 bridgehead atoms. The van der Waals surface area contributed by atoms with Crippen LogP contribution < -0.4 is 5.43 Å². The normalized spacial score (nSPS) is 10.9. The second-order valence-corrected chi connectivity index (χ2v) is 6.20. The van der Waals surface area contributed by atoms with Crippen LogP contribution in [0.3, 0.4) is 0 Å². The third-order valence-corrected chi connectivity index (χ3v) is 4.25. The van der Waals surface area contributed by atoms with Crippen molar-refractivity contribution in [1.29, 1.82) is 0 Å². The largest absolute Gasteiger partial charge is 0.507 e. The maximum absolute atomic E-state index is 12.2. The summed E-state index contributed by atoms with van der Waals surface area (Å²) in [4.78, 5) is 22.4. The molecule has 28 heavy (non-hydrogen) atoms. The van der Waals surface area contributed by atoms with E-state index < -0.39 is 10.8 Å². The molecule has 1 aromatic heterocycles. The Morgan fingerprint density at radius 2 is 1.75 bits per heavy atom. The summed E-state index contributed by atoms with van der Waals surface area (Å²) in [5, 5.41) is 24.3. The Hall–Kier alpha value is -3.94. The van der Waals surface area contributed by atoms with Crippen molar-refractivity contribution in [1.82, 2.24) is 9.99 Å². The monoisotopic (exact) mass is 378 g/mol. The number of amides is 1. The summed E-state index contributed by atoms with van der Waals surface area (Å²) in [5.41, 5.74) is 5.83. The molecule has 0 radical (unpaired) electrons. The van der Waals surface area contributed by atoms with Crippen molar-refractivity contribution in [2.24, 2.45) is 5.10 Å². The van der Waals surface area contributed by atoms with Gasteiger partial charge in [0.1, 0.15) is 5.75 Å². The molecule has 2 aromatic carbocycles. The van der Waals surface area contributed by atoms with Crippen LogP contribution in [-0.2, 0) is 0 Å². The van der Waals surface area contributed by atoms with Crippen LogP contribution in [-0.4, -0.2) is 26.7 Å². The molecule has 0 saturated heterocycles. The number of aromatic nitrogens is 1. The van der Waals surface area contributed by atoms with Crippen LogP contribution in [0.25, 0.3) is 5.69 Å². The van der Waals surface area contributed by atoms with Gasteiger partial charge in [0.2, 0.25) is 0 Å². The quantitative estimate of drug-likeness (QED) is 0.402. The first-order valence-corrected chi connectivity index (χ1v) is 8.43. The molecule has 142 valence electrons. The molecule has 0 atom stereocenters. The maximum Gasteiger partial charge on any atom is 0.271 e. The molecule has 3 rings (SSSR count). The number of nitrogens with one attached hydrogen (secondary N) is 1. The first-order chi connectivity index (χ1) is 13.4. The minimum atomic E-state index is -0.578. The number of aryl methyl sites for hydroxylation is 2. The molecule has 1 amide bonds. The van der Waals surface area contributed by atoms with E-state index in [0.717, 1.165) is 23.3 Å². The molecule has 2 N–H and O–H groups in total. The number of nitrogens with zero attached hydrogens (tertiary/aromatic N) is 3. The molecule has 0 saturated carbocycles. The number of carbonyl (C=O) groups is 1. The molecule has 0 unspecified atom stereocenters. The van der Waals surface area contributed by atoms with Crippen molar-refractivity contribution in [3.05, 3.63) is 87.2 Å². The van der Waals surface area contributed by atoms with Crippen molar-refractivity contribution in [3.63, 3.8) is 0 Å². The summed E-state index contributed by atoms with van der Waals surface area (Å²) in [5.74, 6) is -0.612. The lowest BCUT2D eigenvalue weighted by molar-refractivity contribution is -0.384. The standard InChI is InChI=1S/C20H18N4O4/c1-13-3-4-14(2)23(13)17-7-5-15(6-8-17)20(26)22-21-12-16-11-18(24(27)28)9-10-19(16)25/h3-12,25H,1-2H3,(H,22,26)/b21-12-. The van der Waals surface area contributed by atoms with Crippen molar-refractivity contribution < 1.29 is 14.8 Å². The van der Waals surface area contributed by atoms with E-state index in [-0.39, 0.29) is 17.0 Å². The highest BCUT2D eigenvalue weighted by atomic mass is 16.6. The number of non-ortho nitro benzene ring substituents is 1. The van der Waals surface area contributed by atoms with Gasteiger partial charge in [-0.05, 0) is 56.3 Å². The van der Waals surface area contributed by atoms with E-state index in [1.165, 1.54) is 18.2 Å². The van der Waals surface area contributed by atoms with Crippen LogP contribution in [0.4, 0.5) is 5.69 Å². The van der Waals surface area contributed by atoms with Crippen LogP contribution >= 0.6 is 0 Å². The number of nitro groups is 1. The van der Waals surface area contributed by atoms with Gasteiger partial charge in [-0.3, -0.25) is 14.9 Å². The molecule has 0 aliphatic carbocycles. The van der Waals surface area contributed by atoms with Gasteiger partial charge in [-0.1, -0.05) is 0 Å². The van der Waals surface area contributed by atoms with Gasteiger partial charge >= 0.3 is 0 Å². The number of hydrogen-bond acceptors (Lipinski definition) is 5. The van der Waals surface area contributed by atoms with Gasteiger partial charge in [0.15, 0.2) is 0 Å². The lowest BCUT2D eigenvalue weighted by atomic mass is 10.2. The molecule has 0 aliphatic rings. The molecular formula is C20H18N4O4. The number of hydrazone groups is 1. The Morgan fingerprint density at radius 3 is 2.36 bits per heavy atom. The highest BCUT2D eigenvalue weighted by molar-refractivity contribution is 5.95. The third-order valence-electron chi connectivity index (χ3n) is 4.25. The number of phenolic OH excluding ortho intramolecular Hbond substituents is 1. The van der Waals surface area contributed by atoms with E-state index in [1.54, 1.807) is 12.1 Å². The summed E-state index contributed by atoms with van der Waals surface area (Å²) < 4.78 is 2.07. The van der Waals surface area contributed by atoms with Crippen LogP contribution in [0.2, 0.25) is 0 Å². The number of carbonyl (C=O) groups excluding carboxylic acids is 1. The average Bonchev–Trinajstić information content (AvgIpc) is 3.01. The number of hydrogen-bond donors (Lipinski definition) is 2. The summed E-state index contributed by atoms with van der Waals surface area (Å²) in [6, 6.07) is 14.6. The highest BCUT2D eigenvalue weighted by Crippen LogP contribution is 2.21. The van der Waals surface area contributed by atoms with E-state index in [4.69, 9.17) is 0 Å². The van der Waals surface area contributed by atoms with Crippen molar-refractivity contribution in [2.75, 3.05) is 0 Å². The molecule has 3 aromatic rings. The second-order valence-electron chi connectivity index (χ2n) is 6.20. The maximum atomic E-state index is 12.2. The number of phenols is 1. The summed E-state index contributed by atoms with van der Waals surface area (Å²) in [7, 11) is 0. The van der Waals surface area contributed by atoms with E-state index in [1.807, 2.05) is 38.1 Å². The van der Waals surface area contributed by atoms with Gasteiger partial charge < -0.3 is 9.67 Å². The summed E-state index contributed by atoms with van der Waals surface area (Å²) >= 11 is 0. The van der Waals surface area contributed by atoms with Crippen LogP contribution in [0.5, 0.6) is 5.75 Å². The zero-order chi connectivity index (χ0) is 20.3. The lowest BCUT2D eigenvalue weighted by Gasteiger charge is -2.10. The predicted octanol–water partition coefficient (Wildman–Crippen LogP) is 3.47. The van der Waals surface area contributed by atoms with Crippen LogP contribution in [0.1, 0.15) is 27.3 Å². The zero-order valence-electron chi connectivity index (χ0n) is 15.3. The molecule has 8 nitrogen and oxygen atoms in total. The number of benzene rings is 2. The lowest BCUT2D eigenvalue weighted by Crippen LogP contribution is -2.17. The van der Waals surface area contributed by atoms with Gasteiger partial charge in [0, 0.05) is 40.3 Å². The van der Waals surface area contributed by atoms with Gasteiger partial charge in [-0.2, -0.15) is 5.10 Å². The second kappa shape index (κ2) is 7.75. The highest BCUT2D eigenvalue weighted by Gasteiger charge is 2.10. The van der Waals surface area contributed by atoms with Gasteiger partial charge in [0.05, 0.1) is 11.1 Å². The summed E-state index contributed by atoms with van der Waals surface area (Å²) in [6.45, 7) is 4.01. The van der Waals surface area contributed by atoms with Crippen molar-refractivity contribution in [2.45, 2.75) is 13.8 Å². The van der Waals surface area contributed by atoms with Crippen molar-refractivity contribution in [3.8, 4) is 11.4 Å². The van der Waals surface area contributed by atoms with Gasteiger partial charge in [-0.25, -0.2) is 5.43 Å². The number of nitro benzene ring substituents is 1. The minimum absolute atomic E-state index is 0.128. The minimum Gasteiger partial charge on any atom is -0.507 e. The molecule has 0 aliphatic heterocycles. The topological polar surface area (TPSA) is 110 Å². The molecule has 8 heteroatoms. The van der Waals surface area contributed by atoms with E-state index in [2.05, 4.69) is 15.1 Å². The Balaban J connectivity index is 1.71. The number of aromatic hydroxyl groups is 1. The SMILES string of the molecule is Cc1ccc(C)n1-c1ccc(C(=O)N/N=C\c2cc([N+](=O)[O-])ccc2O)cc1. The zero-order valence-corrected chi connectivity index (χ0v) is 15.3. The van der Waals surface area contributed by atoms with E-state index >= 15 is 0 Å². The number of rotatable bonds is 5. The van der Waals surface area contributed by atoms with Crippen LogP contribution in [0.15, 0.2) is 59.7 Å². The molecule has 1 heterocycles. The fourth-order valence-electron chi connectivity index (χ4n) is 2.82. The first kappa shape index (κ1) is 18.8. The first-order valence-electron chi connectivity index (χ1n) is 8.43. The Bertz CT molecular complexity index is 1050. The van der Waals surface area contributed by atoms with E-state index in [9.17, 15) is 20.0 Å². The fourth-order valence-corrected chi connectivity index (χ4v) is 2.82. The summed E-state index contributed by atoms with van der Waals surface area (Å²) in [6.07, 6.45) is 1.15. The molecular weight excluding hydrogens is 360 g/mol. The third kappa shape index (κ3) is 3.90.